The fraction of sp³-hybridized carbons (Fsp3) is 0. The monoisotopic (exact) mass is 160 g/mol. The third kappa shape index (κ3) is 12.4. The maximum absolute atomic E-state index is 0. The van der Waals surface area contributed by atoms with Crippen molar-refractivity contribution in [1.82, 2.24) is 0 Å². The molecule has 4 heteroatoms. The van der Waals surface area contributed by atoms with Crippen LogP contribution in [0.2, 0.25) is 0 Å². The zero-order valence-electron chi connectivity index (χ0n) is 1.21. The van der Waals surface area contributed by atoms with E-state index < -0.39 is 0 Å². The molecule has 1 atom stereocenters. The Morgan fingerprint density at radius 3 is 0.750 bits per heavy atom. The van der Waals surface area contributed by atoms with Crippen LogP contribution in [0.1, 0.15) is 0 Å². The molecule has 0 aromatic carbocycles. The molecule has 0 saturated heterocycles. The summed E-state index contributed by atoms with van der Waals surface area (Å²) in [6.45, 7) is 0. The minimum atomic E-state index is 0. The fourth-order valence-electron chi connectivity index (χ4n) is 0. The standard InChI is InChI=1S/AsH3.H2O.2H4Si/h1H3;1H2;2*1H4. The average molecular weight is 160 g/mol. The van der Waals surface area contributed by atoms with Crippen LogP contribution in [0.4, 0.5) is 0 Å². The molecule has 0 aromatic heterocycles. The van der Waals surface area contributed by atoms with Gasteiger partial charge in [0.15, 0.2) is 0 Å². The van der Waals surface area contributed by atoms with E-state index in [0.29, 0.717) is 0 Å². The van der Waals surface area contributed by atoms with Crippen molar-refractivity contribution in [2.24, 2.45) is 0 Å². The van der Waals surface area contributed by atoms with Crippen molar-refractivity contribution >= 4 is 39.9 Å². The summed E-state index contributed by atoms with van der Waals surface area (Å²) in [5.74, 6) is 0. The first-order chi connectivity index (χ1) is 0. The van der Waals surface area contributed by atoms with E-state index in [1.54, 1.807) is 0 Å². The van der Waals surface area contributed by atoms with Crippen molar-refractivity contribution in [2.75, 3.05) is 0 Å². The number of rotatable bonds is 0. The Morgan fingerprint density at radius 2 is 0.750 bits per heavy atom. The van der Waals surface area contributed by atoms with Gasteiger partial charge in [0.05, 0.1) is 0 Å². The van der Waals surface area contributed by atoms with Gasteiger partial charge < -0.3 is 5.48 Å². The van der Waals surface area contributed by atoms with E-state index in [-0.39, 0.29) is 45.4 Å². The van der Waals surface area contributed by atoms with Gasteiger partial charge in [-0.1, -0.05) is 0 Å². The summed E-state index contributed by atoms with van der Waals surface area (Å²) in [6.07, 6.45) is 0. The Labute approximate surface area is 45.8 Å². The molecule has 0 bridgehead atoms. The summed E-state index contributed by atoms with van der Waals surface area (Å²) in [7, 11) is 0. The van der Waals surface area contributed by atoms with Crippen LogP contribution >= 0.6 is 0 Å². The van der Waals surface area contributed by atoms with E-state index in [1.807, 2.05) is 0 Å². The van der Waals surface area contributed by atoms with E-state index in [9.17, 15) is 0 Å². The molecule has 0 amide bonds. The fourth-order valence-corrected chi connectivity index (χ4v) is 0. The molecule has 1 nitrogen and oxygen atoms in total. The number of hydrogen-bond acceptors (Lipinski definition) is 0. The second-order valence-electron chi connectivity index (χ2n) is 0. The van der Waals surface area contributed by atoms with Crippen molar-refractivity contribution in [3.05, 3.63) is 0 Å². The smallest absolute Gasteiger partial charge is 0.0149 e. The molecule has 0 radical (unpaired) electrons. The molecule has 0 rings (SSSR count). The summed E-state index contributed by atoms with van der Waals surface area (Å²) < 4.78 is 0. The summed E-state index contributed by atoms with van der Waals surface area (Å²) in [5.41, 5.74) is 0. The number of hydrogen-bond donors (Lipinski definition) is 0. The zero-order valence-corrected chi connectivity index (χ0v) is 4.17. The van der Waals surface area contributed by atoms with Crippen LogP contribution in [-0.4, -0.2) is 45.4 Å². The second kappa shape index (κ2) is 38.0. The largest absolute Gasteiger partial charge is 0.0149 e. The van der Waals surface area contributed by atoms with Crippen LogP contribution in [0.5, 0.6) is 0 Å². The SMILES string of the molecule is O.[AsH3].[SiH4].[SiH4]. The Morgan fingerprint density at radius 1 is 0.750 bits per heavy atom. The predicted molar refractivity (Wildman–Crippen MR) is 36.2 cm³/mol. The molecule has 0 fully saturated rings. The van der Waals surface area contributed by atoms with Gasteiger partial charge in [-0.3, -0.25) is 0 Å². The van der Waals surface area contributed by atoms with Crippen molar-refractivity contribution < 1.29 is 5.48 Å². The summed E-state index contributed by atoms with van der Waals surface area (Å²) >= 11 is 0. The molecular formula is H13AsOSi2. The van der Waals surface area contributed by atoms with Gasteiger partial charge in [-0.2, -0.15) is 0 Å². The topological polar surface area (TPSA) is 31.5 Å². The van der Waals surface area contributed by atoms with Gasteiger partial charge in [-0.25, -0.2) is 0 Å². The van der Waals surface area contributed by atoms with Gasteiger partial charge in [0.1, 0.15) is 0 Å². The molecule has 0 aliphatic carbocycles. The first kappa shape index (κ1) is 85.3. The first-order valence-electron chi connectivity index (χ1n) is 0. The Bertz CT molecular complexity index is 6.00. The first-order valence-corrected chi connectivity index (χ1v) is 0. The molecule has 0 spiro atoms. The van der Waals surface area contributed by atoms with Gasteiger partial charge in [-0.15, -0.1) is 0 Å². The third-order valence-electron chi connectivity index (χ3n) is 0. The second-order valence-corrected chi connectivity index (χ2v) is 0. The minimum absolute atomic E-state index is 0. The molecule has 32 valence electrons. The van der Waals surface area contributed by atoms with E-state index in [2.05, 4.69) is 0 Å². The van der Waals surface area contributed by atoms with Crippen LogP contribution in [0.3, 0.4) is 0 Å². The van der Waals surface area contributed by atoms with Crippen LogP contribution < -0.4 is 0 Å². The maximum Gasteiger partial charge on any atom is -0.0149 e. The Kier molecular flexibility index (Phi) is 810. The molecule has 0 aromatic rings. The van der Waals surface area contributed by atoms with Crippen molar-refractivity contribution in [3.63, 3.8) is 0 Å². The van der Waals surface area contributed by atoms with Crippen LogP contribution in [0, 0.1) is 0 Å². The van der Waals surface area contributed by atoms with Crippen molar-refractivity contribution in [3.8, 4) is 0 Å². The molecule has 0 aliphatic rings. The molecule has 1 unspecified atom stereocenters. The van der Waals surface area contributed by atoms with E-state index in [1.165, 1.54) is 0 Å². The van der Waals surface area contributed by atoms with Gasteiger partial charge in [0.25, 0.3) is 0 Å². The third-order valence-corrected chi connectivity index (χ3v) is 0. The summed E-state index contributed by atoms with van der Waals surface area (Å²) in [4.78, 5) is 0. The van der Waals surface area contributed by atoms with E-state index >= 15 is 0 Å². The van der Waals surface area contributed by atoms with E-state index in [0.717, 1.165) is 0 Å². The Balaban J connectivity index is 0. The van der Waals surface area contributed by atoms with Gasteiger partial charge >= 0.3 is 18.0 Å². The van der Waals surface area contributed by atoms with Crippen LogP contribution in [0.25, 0.3) is 0 Å². The average Bonchev–Trinajstić information content (AvgIpc) is 0. The van der Waals surface area contributed by atoms with Gasteiger partial charge in [0, 0.05) is 0 Å². The normalized spacial score (nSPS) is 0. The summed E-state index contributed by atoms with van der Waals surface area (Å²) in [6, 6.07) is 0. The minimum Gasteiger partial charge on any atom is -0.0149 e. The molecule has 4 heavy (non-hydrogen) atoms. The predicted octanol–water partition coefficient (Wildman–Crippen LogP) is -4.91. The summed E-state index contributed by atoms with van der Waals surface area (Å²) in [5, 5.41) is 0. The quantitative estimate of drug-likeness (QED) is 0.318. The van der Waals surface area contributed by atoms with Gasteiger partial charge in [0.2, 0.25) is 0 Å². The molecular weight excluding hydrogens is 147 g/mol. The molecule has 0 aliphatic heterocycles. The van der Waals surface area contributed by atoms with E-state index in [4.69, 9.17) is 0 Å². The zero-order chi connectivity index (χ0) is 0. The van der Waals surface area contributed by atoms with Crippen molar-refractivity contribution in [1.29, 1.82) is 0 Å². The molecule has 2 N–H and O–H groups in total. The maximum atomic E-state index is 0. The Hall–Kier alpha value is 0.952. The molecule has 0 saturated carbocycles. The van der Waals surface area contributed by atoms with Crippen LogP contribution in [0.15, 0.2) is 0 Å². The van der Waals surface area contributed by atoms with Crippen molar-refractivity contribution in [2.45, 2.75) is 0 Å². The van der Waals surface area contributed by atoms with Crippen LogP contribution in [-0.2, 0) is 0 Å². The molecule has 0 heterocycles. The van der Waals surface area contributed by atoms with Gasteiger partial charge in [-0.05, 0) is 21.9 Å².